The van der Waals surface area contributed by atoms with Gasteiger partial charge in [-0.1, -0.05) is 44.2 Å². The molecule has 1 aliphatic heterocycles. The second-order valence-electron chi connectivity index (χ2n) is 10.9. The molecule has 42 heavy (non-hydrogen) atoms. The summed E-state index contributed by atoms with van der Waals surface area (Å²) >= 11 is 0. The van der Waals surface area contributed by atoms with Gasteiger partial charge in [0.25, 0.3) is 11.7 Å². The molecule has 2 N–H and O–H groups in total. The van der Waals surface area contributed by atoms with Crippen LogP contribution in [0.2, 0.25) is 0 Å². The molecular formula is C29H36N10O3. The monoisotopic (exact) mass is 572 g/mol. The van der Waals surface area contributed by atoms with Gasteiger partial charge in [0, 0.05) is 37.8 Å². The first-order valence-electron chi connectivity index (χ1n) is 14.2. The molecule has 0 saturated carbocycles. The molecule has 3 aromatic heterocycles. The molecule has 5 rings (SSSR count). The van der Waals surface area contributed by atoms with E-state index in [1.165, 1.54) is 0 Å². The van der Waals surface area contributed by atoms with Crippen LogP contribution in [-0.2, 0) is 22.6 Å². The van der Waals surface area contributed by atoms with Crippen molar-refractivity contribution in [2.24, 2.45) is 5.92 Å². The number of carbonyl (C=O) groups excluding carboxylic acids is 3. The van der Waals surface area contributed by atoms with Crippen molar-refractivity contribution in [2.45, 2.75) is 65.6 Å². The Bertz CT molecular complexity index is 1580. The van der Waals surface area contributed by atoms with Crippen LogP contribution in [0.5, 0.6) is 0 Å². The van der Waals surface area contributed by atoms with Crippen molar-refractivity contribution in [3.63, 3.8) is 0 Å². The number of carbonyl (C=O) groups is 3. The third-order valence-electron chi connectivity index (χ3n) is 7.29. The predicted molar refractivity (Wildman–Crippen MR) is 153 cm³/mol. The summed E-state index contributed by atoms with van der Waals surface area (Å²) in [4.78, 5) is 51.1. The molecule has 0 spiro atoms. The molecule has 4 heterocycles. The largest absolute Gasteiger partial charge is 0.344 e. The molecule has 0 saturated heterocycles. The zero-order chi connectivity index (χ0) is 29.8. The van der Waals surface area contributed by atoms with Gasteiger partial charge in [-0.15, -0.1) is 10.2 Å². The molecular weight excluding hydrogens is 536 g/mol. The van der Waals surface area contributed by atoms with Crippen LogP contribution >= 0.6 is 0 Å². The van der Waals surface area contributed by atoms with Crippen molar-refractivity contribution in [2.75, 3.05) is 13.1 Å². The minimum atomic E-state index is -0.780. The predicted octanol–water partition coefficient (Wildman–Crippen LogP) is 1.81. The van der Waals surface area contributed by atoms with Crippen molar-refractivity contribution in [1.29, 1.82) is 0 Å². The maximum atomic E-state index is 13.7. The van der Waals surface area contributed by atoms with E-state index in [-0.39, 0.29) is 35.9 Å². The van der Waals surface area contributed by atoms with Gasteiger partial charge in [-0.25, -0.2) is 14.6 Å². The molecule has 3 amide bonds. The Morgan fingerprint density at radius 1 is 1.00 bits per heavy atom. The maximum absolute atomic E-state index is 13.7. The third kappa shape index (κ3) is 6.45. The molecule has 0 unspecified atom stereocenters. The minimum absolute atomic E-state index is 0.0201. The zero-order valence-corrected chi connectivity index (χ0v) is 24.3. The first-order chi connectivity index (χ1) is 20.2. The highest BCUT2D eigenvalue weighted by atomic mass is 16.2. The molecule has 1 aliphatic rings. The topological polar surface area (TPSA) is 152 Å². The van der Waals surface area contributed by atoms with Gasteiger partial charge >= 0.3 is 0 Å². The minimum Gasteiger partial charge on any atom is -0.344 e. The maximum Gasteiger partial charge on any atom is 0.292 e. The van der Waals surface area contributed by atoms with Crippen LogP contribution in [0.1, 0.15) is 66.3 Å². The van der Waals surface area contributed by atoms with Crippen molar-refractivity contribution in [1.82, 2.24) is 49.9 Å². The molecule has 4 aromatic rings. The fourth-order valence-corrected chi connectivity index (χ4v) is 5.10. The highest BCUT2D eigenvalue weighted by molar-refractivity contribution is 5.91. The van der Waals surface area contributed by atoms with E-state index in [4.69, 9.17) is 0 Å². The van der Waals surface area contributed by atoms with E-state index in [1.54, 1.807) is 33.2 Å². The Hall–Kier alpha value is -4.68. The van der Waals surface area contributed by atoms with Crippen LogP contribution < -0.4 is 10.6 Å². The van der Waals surface area contributed by atoms with E-state index < -0.39 is 12.1 Å². The van der Waals surface area contributed by atoms with Gasteiger partial charge in [-0.2, -0.15) is 5.10 Å². The standard InChI is InChI=1S/C29H36N10O3/c1-18(2)24-25-31-20(4)36-39(25)16-15-37(28(42)26-34-35-29-30-19(3)12-14-38(26)29)13-8-11-23(40)32-22(27(41)33-24)17-21-9-6-5-7-10-21/h5-7,9-10,12,14,18,22,24H,8,11,13,15-17H2,1-4H3,(H,32,40)(H,33,41)/t22-,24+/m0/s1. The molecule has 220 valence electrons. The SMILES string of the molecule is Cc1ccn2c(C(=O)N3CCCC(=O)N[C@@H](Cc4ccccc4)C(=O)N[C@H](C(C)C)c4nc(C)nn4CC3)nnc2n1. The summed E-state index contributed by atoms with van der Waals surface area (Å²) in [7, 11) is 0. The Labute approximate surface area is 243 Å². The first-order valence-corrected chi connectivity index (χ1v) is 14.2. The molecule has 0 bridgehead atoms. The Kier molecular flexibility index (Phi) is 8.55. The van der Waals surface area contributed by atoms with Crippen molar-refractivity contribution in [3.05, 3.63) is 71.3 Å². The van der Waals surface area contributed by atoms with Crippen LogP contribution in [-0.4, -0.2) is 76.1 Å². The van der Waals surface area contributed by atoms with Crippen molar-refractivity contribution >= 4 is 23.5 Å². The van der Waals surface area contributed by atoms with Gasteiger partial charge in [-0.3, -0.25) is 18.8 Å². The van der Waals surface area contributed by atoms with E-state index >= 15 is 0 Å². The summed E-state index contributed by atoms with van der Waals surface area (Å²) < 4.78 is 3.32. The normalized spacial score (nSPS) is 18.8. The van der Waals surface area contributed by atoms with E-state index in [2.05, 4.69) is 35.9 Å². The summed E-state index contributed by atoms with van der Waals surface area (Å²) in [5.74, 6) is 0.756. The van der Waals surface area contributed by atoms with Crippen LogP contribution in [0.15, 0.2) is 42.6 Å². The Balaban J connectivity index is 1.46. The fraction of sp³-hybridized carbons (Fsp3) is 0.448. The van der Waals surface area contributed by atoms with Gasteiger partial charge in [0.2, 0.25) is 17.6 Å². The first kappa shape index (κ1) is 28.8. The second-order valence-corrected chi connectivity index (χ2v) is 10.9. The lowest BCUT2D eigenvalue weighted by Gasteiger charge is -2.27. The number of amides is 3. The number of hydrogen-bond donors (Lipinski definition) is 2. The van der Waals surface area contributed by atoms with E-state index in [0.29, 0.717) is 49.9 Å². The number of nitrogens with zero attached hydrogens (tertiary/aromatic N) is 8. The quantitative estimate of drug-likeness (QED) is 0.376. The van der Waals surface area contributed by atoms with Crippen LogP contribution in [0.3, 0.4) is 0 Å². The number of benzene rings is 1. The highest BCUT2D eigenvalue weighted by Gasteiger charge is 2.30. The van der Waals surface area contributed by atoms with Crippen molar-refractivity contribution < 1.29 is 14.4 Å². The summed E-state index contributed by atoms with van der Waals surface area (Å²) in [6, 6.07) is 10.1. The van der Waals surface area contributed by atoms with Gasteiger partial charge in [0.1, 0.15) is 17.7 Å². The molecule has 0 radical (unpaired) electrons. The highest BCUT2D eigenvalue weighted by Crippen LogP contribution is 2.21. The van der Waals surface area contributed by atoms with Crippen LogP contribution in [0, 0.1) is 19.8 Å². The lowest BCUT2D eigenvalue weighted by Crippen LogP contribution is -2.50. The number of aryl methyl sites for hydroxylation is 2. The number of fused-ring (bicyclic) bond motifs is 2. The number of nitrogens with one attached hydrogen (secondary N) is 2. The molecule has 2 atom stereocenters. The molecule has 0 aliphatic carbocycles. The van der Waals surface area contributed by atoms with Crippen LogP contribution in [0.25, 0.3) is 5.78 Å². The summed E-state index contributed by atoms with van der Waals surface area (Å²) in [5, 5.41) is 18.8. The van der Waals surface area contributed by atoms with E-state index in [0.717, 1.165) is 11.3 Å². The van der Waals surface area contributed by atoms with Gasteiger partial charge in [0.05, 0.1) is 12.6 Å². The summed E-state index contributed by atoms with van der Waals surface area (Å²) in [6.45, 7) is 8.56. The molecule has 13 nitrogen and oxygen atoms in total. The third-order valence-corrected chi connectivity index (χ3v) is 7.29. The summed E-state index contributed by atoms with van der Waals surface area (Å²) in [6.07, 6.45) is 2.60. The number of aromatic nitrogens is 7. The number of hydrogen-bond acceptors (Lipinski definition) is 8. The molecule has 13 heteroatoms. The fourth-order valence-electron chi connectivity index (χ4n) is 5.10. The van der Waals surface area contributed by atoms with Gasteiger partial charge < -0.3 is 15.5 Å². The number of rotatable bonds is 4. The van der Waals surface area contributed by atoms with Crippen LogP contribution in [0.4, 0.5) is 0 Å². The second kappa shape index (κ2) is 12.5. The summed E-state index contributed by atoms with van der Waals surface area (Å²) in [5.41, 5.74) is 1.70. The lowest BCUT2D eigenvalue weighted by molar-refractivity contribution is -0.129. The average Bonchev–Trinajstić information content (AvgIpc) is 3.55. The Morgan fingerprint density at radius 3 is 2.55 bits per heavy atom. The van der Waals surface area contributed by atoms with Gasteiger partial charge in [0.15, 0.2) is 0 Å². The molecule has 0 fully saturated rings. The zero-order valence-electron chi connectivity index (χ0n) is 24.3. The molecule has 1 aromatic carbocycles. The average molecular weight is 573 g/mol. The Morgan fingerprint density at radius 2 is 1.79 bits per heavy atom. The lowest BCUT2D eigenvalue weighted by atomic mass is 10.0. The van der Waals surface area contributed by atoms with Gasteiger partial charge in [-0.05, 0) is 37.8 Å². The van der Waals surface area contributed by atoms with E-state index in [9.17, 15) is 14.4 Å². The smallest absolute Gasteiger partial charge is 0.292 e. The van der Waals surface area contributed by atoms with Crippen molar-refractivity contribution in [3.8, 4) is 0 Å². The van der Waals surface area contributed by atoms with E-state index in [1.807, 2.05) is 51.1 Å².